The number of rotatable bonds is 6. The lowest BCUT2D eigenvalue weighted by Crippen LogP contribution is -2.30. The molecule has 0 unspecified atom stereocenters. The van der Waals surface area contributed by atoms with Crippen LogP contribution in [0.1, 0.15) is 30.4 Å². The molecular weight excluding hydrogens is 329 g/mol. The number of nitrogens with zero attached hydrogens (tertiary/aromatic N) is 1. The third-order valence-electron chi connectivity index (χ3n) is 4.21. The molecule has 1 aliphatic heterocycles. The van der Waals surface area contributed by atoms with Crippen molar-refractivity contribution in [1.29, 1.82) is 0 Å². The number of benzene rings is 1. The topological polar surface area (TPSA) is 49.4 Å². The van der Waals surface area contributed by atoms with Crippen LogP contribution in [0.5, 0.6) is 0 Å². The number of hydrogen-bond donors (Lipinski definition) is 1. The van der Waals surface area contributed by atoms with E-state index in [1.807, 2.05) is 0 Å². The molecule has 3 rings (SSSR count). The van der Waals surface area contributed by atoms with E-state index in [4.69, 9.17) is 0 Å². The van der Waals surface area contributed by atoms with Crippen LogP contribution in [0.3, 0.4) is 0 Å². The zero-order valence-electron chi connectivity index (χ0n) is 12.6. The summed E-state index contributed by atoms with van der Waals surface area (Å²) >= 11 is 0. The van der Waals surface area contributed by atoms with Crippen LogP contribution < -0.4 is 4.72 Å². The molecule has 0 spiro atoms. The Kier molecular flexibility index (Phi) is 4.31. The van der Waals surface area contributed by atoms with Gasteiger partial charge in [0.05, 0.1) is 18.0 Å². The Morgan fingerprint density at radius 1 is 1.22 bits per heavy atom. The molecule has 23 heavy (non-hydrogen) atoms. The zero-order chi connectivity index (χ0) is 16.7. The van der Waals surface area contributed by atoms with Gasteiger partial charge in [0.25, 0.3) is 0 Å². The molecule has 128 valence electrons. The number of fused-ring (bicyclic) bond motifs is 1. The fourth-order valence-corrected chi connectivity index (χ4v) is 4.17. The summed E-state index contributed by atoms with van der Waals surface area (Å²) in [6, 6.07) is 5.03. The third-order valence-corrected chi connectivity index (χ3v) is 5.51. The van der Waals surface area contributed by atoms with Gasteiger partial charge in [-0.05, 0) is 29.5 Å². The normalized spacial score (nSPS) is 18.9. The molecule has 1 aromatic carbocycles. The lowest BCUT2D eigenvalue weighted by Gasteiger charge is -2.17. The highest BCUT2D eigenvalue weighted by Gasteiger charge is 2.34. The number of hydrogen-bond acceptors (Lipinski definition) is 3. The molecule has 8 heteroatoms. The van der Waals surface area contributed by atoms with Gasteiger partial charge in [-0.1, -0.05) is 25.0 Å². The van der Waals surface area contributed by atoms with Gasteiger partial charge in [-0.15, -0.1) is 0 Å². The quantitative estimate of drug-likeness (QED) is 0.859. The first kappa shape index (κ1) is 16.6. The van der Waals surface area contributed by atoms with Gasteiger partial charge < -0.3 is 0 Å². The molecule has 1 fully saturated rings. The van der Waals surface area contributed by atoms with Crippen LogP contribution in [0.2, 0.25) is 0 Å². The molecule has 1 N–H and O–H groups in total. The van der Waals surface area contributed by atoms with E-state index in [-0.39, 0.29) is 18.8 Å². The van der Waals surface area contributed by atoms with E-state index in [9.17, 15) is 21.6 Å². The molecule has 1 aliphatic carbocycles. The Morgan fingerprint density at radius 2 is 1.96 bits per heavy atom. The van der Waals surface area contributed by atoms with Gasteiger partial charge in [-0.25, -0.2) is 8.42 Å². The van der Waals surface area contributed by atoms with Gasteiger partial charge in [0, 0.05) is 13.1 Å². The maximum atomic E-state index is 12.5. The number of anilines is 1. The molecule has 2 aliphatic rings. The SMILES string of the molecule is O=S(=O)(CCC1CC1)Nc1cccc2c1CN(CC(F)(F)F)C2. The molecule has 0 amide bonds. The summed E-state index contributed by atoms with van der Waals surface area (Å²) in [5.41, 5.74) is 1.80. The van der Waals surface area contributed by atoms with Crippen molar-refractivity contribution in [3.63, 3.8) is 0 Å². The number of nitrogens with one attached hydrogen (secondary N) is 1. The Bertz CT molecular complexity index is 684. The van der Waals surface area contributed by atoms with Gasteiger partial charge in [0.15, 0.2) is 0 Å². The second-order valence-corrected chi connectivity index (χ2v) is 8.20. The molecule has 4 nitrogen and oxygen atoms in total. The highest BCUT2D eigenvalue weighted by molar-refractivity contribution is 7.92. The summed E-state index contributed by atoms with van der Waals surface area (Å²) in [7, 11) is -3.45. The Morgan fingerprint density at radius 3 is 2.61 bits per heavy atom. The maximum absolute atomic E-state index is 12.5. The standard InChI is InChI=1S/C15H19F3N2O2S/c16-15(17,18)10-20-8-12-2-1-3-14(13(12)9-20)19-23(21,22)7-6-11-4-5-11/h1-3,11,19H,4-10H2. The van der Waals surface area contributed by atoms with E-state index in [0.717, 1.165) is 18.4 Å². The van der Waals surface area contributed by atoms with E-state index in [1.54, 1.807) is 18.2 Å². The van der Waals surface area contributed by atoms with Crippen molar-refractivity contribution in [2.75, 3.05) is 17.0 Å². The Hall–Kier alpha value is -1.28. The summed E-state index contributed by atoms with van der Waals surface area (Å²) in [5.74, 6) is 0.573. The smallest absolute Gasteiger partial charge is 0.286 e. The molecule has 0 bridgehead atoms. The maximum Gasteiger partial charge on any atom is 0.401 e. The van der Waals surface area contributed by atoms with Gasteiger partial charge in [0.1, 0.15) is 0 Å². The lowest BCUT2D eigenvalue weighted by atomic mass is 10.1. The first-order chi connectivity index (χ1) is 10.7. The molecule has 0 saturated heterocycles. The van der Waals surface area contributed by atoms with Crippen LogP contribution in [0.25, 0.3) is 0 Å². The van der Waals surface area contributed by atoms with Crippen LogP contribution in [-0.2, 0) is 23.1 Å². The monoisotopic (exact) mass is 348 g/mol. The van der Waals surface area contributed by atoms with Crippen LogP contribution in [0.15, 0.2) is 18.2 Å². The van der Waals surface area contributed by atoms with Crippen molar-refractivity contribution in [1.82, 2.24) is 4.90 Å². The van der Waals surface area contributed by atoms with Gasteiger partial charge in [-0.2, -0.15) is 13.2 Å². The molecule has 1 aromatic rings. The minimum atomic E-state index is -4.26. The van der Waals surface area contributed by atoms with Crippen molar-refractivity contribution < 1.29 is 21.6 Å². The summed E-state index contributed by atoms with van der Waals surface area (Å²) in [4.78, 5) is 1.27. The first-order valence-corrected chi connectivity index (χ1v) is 9.27. The Labute approximate surface area is 133 Å². The van der Waals surface area contributed by atoms with Gasteiger partial charge in [-0.3, -0.25) is 9.62 Å². The molecule has 1 saturated carbocycles. The van der Waals surface area contributed by atoms with Crippen LogP contribution in [0, 0.1) is 5.92 Å². The minimum absolute atomic E-state index is 0.0631. The highest BCUT2D eigenvalue weighted by Crippen LogP contribution is 2.34. The predicted octanol–water partition coefficient (Wildman–Crippen LogP) is 3.11. The van der Waals surface area contributed by atoms with Crippen molar-refractivity contribution in [3.8, 4) is 0 Å². The van der Waals surface area contributed by atoms with E-state index in [2.05, 4.69) is 4.72 Å². The van der Waals surface area contributed by atoms with Crippen molar-refractivity contribution in [3.05, 3.63) is 29.3 Å². The molecule has 0 aromatic heterocycles. The van der Waals surface area contributed by atoms with Crippen molar-refractivity contribution >= 4 is 15.7 Å². The van der Waals surface area contributed by atoms with E-state index < -0.39 is 22.7 Å². The number of sulfonamides is 1. The predicted molar refractivity (Wildman–Crippen MR) is 81.4 cm³/mol. The zero-order valence-corrected chi connectivity index (χ0v) is 13.4. The second-order valence-electron chi connectivity index (χ2n) is 6.36. The van der Waals surface area contributed by atoms with Crippen molar-refractivity contribution in [2.24, 2.45) is 5.92 Å². The number of alkyl halides is 3. The van der Waals surface area contributed by atoms with E-state index >= 15 is 0 Å². The second kappa shape index (κ2) is 5.98. The summed E-state index contributed by atoms with van der Waals surface area (Å²) < 4.78 is 64.4. The summed E-state index contributed by atoms with van der Waals surface area (Å²) in [6.07, 6.45) is -1.44. The highest BCUT2D eigenvalue weighted by atomic mass is 32.2. The number of halogens is 3. The molecular formula is C15H19F3N2O2S. The van der Waals surface area contributed by atoms with E-state index in [0.29, 0.717) is 23.6 Å². The van der Waals surface area contributed by atoms with E-state index in [1.165, 1.54) is 4.90 Å². The fourth-order valence-electron chi connectivity index (χ4n) is 2.90. The first-order valence-electron chi connectivity index (χ1n) is 7.62. The average molecular weight is 348 g/mol. The third kappa shape index (κ3) is 4.60. The Balaban J connectivity index is 1.69. The largest absolute Gasteiger partial charge is 0.401 e. The van der Waals surface area contributed by atoms with Crippen LogP contribution >= 0.6 is 0 Å². The van der Waals surface area contributed by atoms with Gasteiger partial charge in [0.2, 0.25) is 10.0 Å². The molecule has 0 atom stereocenters. The minimum Gasteiger partial charge on any atom is -0.286 e. The lowest BCUT2D eigenvalue weighted by molar-refractivity contribution is -0.146. The fraction of sp³-hybridized carbons (Fsp3) is 0.600. The van der Waals surface area contributed by atoms with Gasteiger partial charge >= 0.3 is 6.18 Å². The molecule has 1 heterocycles. The summed E-state index contributed by atoms with van der Waals surface area (Å²) in [5, 5.41) is 0. The van der Waals surface area contributed by atoms with Crippen LogP contribution in [0.4, 0.5) is 18.9 Å². The summed E-state index contributed by atoms with van der Waals surface area (Å²) in [6.45, 7) is -0.696. The molecule has 0 radical (unpaired) electrons. The van der Waals surface area contributed by atoms with Crippen molar-refractivity contribution in [2.45, 2.75) is 38.5 Å². The van der Waals surface area contributed by atoms with Crippen LogP contribution in [-0.4, -0.2) is 31.8 Å². The average Bonchev–Trinajstić information content (AvgIpc) is 3.15.